The lowest BCUT2D eigenvalue weighted by atomic mass is 9.98. The second-order valence-electron chi connectivity index (χ2n) is 5.26. The van der Waals surface area contributed by atoms with Crippen LogP contribution in [0.15, 0.2) is 16.2 Å². The van der Waals surface area contributed by atoms with Crippen LogP contribution in [0, 0.1) is 24.2 Å². The van der Waals surface area contributed by atoms with Crippen molar-refractivity contribution in [2.24, 2.45) is 5.92 Å². The minimum absolute atomic E-state index is 0.00402. The van der Waals surface area contributed by atoms with Gasteiger partial charge in [-0.1, -0.05) is 0 Å². The van der Waals surface area contributed by atoms with Crippen LogP contribution in [0.5, 0.6) is 0 Å². The summed E-state index contributed by atoms with van der Waals surface area (Å²) in [4.78, 5) is 19.7. The predicted molar refractivity (Wildman–Crippen MR) is 77.7 cm³/mol. The fraction of sp³-hybridized carbons (Fsp3) is 0.500. The van der Waals surface area contributed by atoms with Crippen LogP contribution in [0.25, 0.3) is 4.96 Å². The normalized spacial score (nSPS) is 17.4. The first-order valence-electron chi connectivity index (χ1n) is 6.76. The van der Waals surface area contributed by atoms with Crippen molar-refractivity contribution >= 4 is 16.3 Å². The standard InChI is InChI=1S/C14H16N4OS/c1-10-9-20-14-16-12(6-13(19)18(10)14)8-17-4-2-11(7-15)3-5-17/h6,9,11H,2-5,8H2,1H3. The number of rotatable bonds is 2. The van der Waals surface area contributed by atoms with Crippen molar-refractivity contribution in [2.75, 3.05) is 13.1 Å². The van der Waals surface area contributed by atoms with Crippen LogP contribution >= 0.6 is 11.3 Å². The highest BCUT2D eigenvalue weighted by Crippen LogP contribution is 2.18. The van der Waals surface area contributed by atoms with E-state index in [-0.39, 0.29) is 11.5 Å². The van der Waals surface area contributed by atoms with E-state index in [1.54, 1.807) is 10.5 Å². The van der Waals surface area contributed by atoms with E-state index in [0.29, 0.717) is 6.54 Å². The van der Waals surface area contributed by atoms with Gasteiger partial charge in [0, 0.05) is 29.6 Å². The molecule has 6 heteroatoms. The van der Waals surface area contributed by atoms with Gasteiger partial charge in [-0.2, -0.15) is 5.26 Å². The maximum Gasteiger partial charge on any atom is 0.259 e. The number of fused-ring (bicyclic) bond motifs is 1. The molecule has 2 aromatic heterocycles. The fourth-order valence-corrected chi connectivity index (χ4v) is 3.52. The lowest BCUT2D eigenvalue weighted by Crippen LogP contribution is -2.33. The average Bonchev–Trinajstić information content (AvgIpc) is 2.81. The molecule has 2 aromatic rings. The molecule has 5 nitrogen and oxygen atoms in total. The molecule has 3 rings (SSSR count). The third-order valence-electron chi connectivity index (χ3n) is 3.78. The third kappa shape index (κ3) is 2.47. The number of aryl methyl sites for hydroxylation is 1. The first kappa shape index (κ1) is 13.3. The number of hydrogen-bond acceptors (Lipinski definition) is 5. The molecule has 0 amide bonds. The van der Waals surface area contributed by atoms with Gasteiger partial charge in [-0.05, 0) is 32.9 Å². The van der Waals surface area contributed by atoms with Gasteiger partial charge in [0.2, 0.25) is 0 Å². The topological polar surface area (TPSA) is 61.4 Å². The lowest BCUT2D eigenvalue weighted by Gasteiger charge is -2.28. The van der Waals surface area contributed by atoms with E-state index in [0.717, 1.165) is 42.3 Å². The number of aromatic nitrogens is 2. The molecule has 0 aromatic carbocycles. The zero-order chi connectivity index (χ0) is 14.1. The van der Waals surface area contributed by atoms with E-state index in [1.807, 2.05) is 12.3 Å². The number of likely N-dealkylation sites (tertiary alicyclic amines) is 1. The number of nitrogens with zero attached hydrogens (tertiary/aromatic N) is 4. The van der Waals surface area contributed by atoms with E-state index >= 15 is 0 Å². The molecular formula is C14H16N4OS. The van der Waals surface area contributed by atoms with Gasteiger partial charge in [0.1, 0.15) is 0 Å². The highest BCUT2D eigenvalue weighted by Gasteiger charge is 2.19. The fourth-order valence-electron chi connectivity index (χ4n) is 2.63. The Morgan fingerprint density at radius 1 is 1.50 bits per heavy atom. The molecule has 0 bridgehead atoms. The minimum Gasteiger partial charge on any atom is -0.297 e. The number of hydrogen-bond donors (Lipinski definition) is 0. The van der Waals surface area contributed by atoms with Gasteiger partial charge in [0.15, 0.2) is 4.96 Å². The number of piperidine rings is 1. The van der Waals surface area contributed by atoms with Crippen molar-refractivity contribution in [2.45, 2.75) is 26.3 Å². The van der Waals surface area contributed by atoms with Crippen LogP contribution in [0.4, 0.5) is 0 Å². The second-order valence-corrected chi connectivity index (χ2v) is 6.10. The second kappa shape index (κ2) is 5.35. The third-order valence-corrected chi connectivity index (χ3v) is 4.73. The maximum absolute atomic E-state index is 12.1. The van der Waals surface area contributed by atoms with Gasteiger partial charge in [-0.15, -0.1) is 11.3 Å². The summed E-state index contributed by atoms with van der Waals surface area (Å²) in [6, 6.07) is 3.96. The maximum atomic E-state index is 12.1. The monoisotopic (exact) mass is 288 g/mol. The molecule has 0 spiro atoms. The van der Waals surface area contributed by atoms with E-state index in [4.69, 9.17) is 5.26 Å². The van der Waals surface area contributed by atoms with Crippen LogP contribution < -0.4 is 5.56 Å². The van der Waals surface area contributed by atoms with Gasteiger partial charge in [0.25, 0.3) is 5.56 Å². The summed E-state index contributed by atoms with van der Waals surface area (Å²) in [6.45, 7) is 4.42. The van der Waals surface area contributed by atoms with Crippen LogP contribution in [-0.2, 0) is 6.54 Å². The Hall–Kier alpha value is -1.71. The summed E-state index contributed by atoms with van der Waals surface area (Å²) < 4.78 is 1.65. The zero-order valence-corrected chi connectivity index (χ0v) is 12.2. The molecule has 0 unspecified atom stereocenters. The lowest BCUT2D eigenvalue weighted by molar-refractivity contribution is 0.196. The van der Waals surface area contributed by atoms with E-state index in [2.05, 4.69) is 16.0 Å². The quantitative estimate of drug-likeness (QED) is 0.845. The van der Waals surface area contributed by atoms with Crippen LogP contribution in [0.2, 0.25) is 0 Å². The van der Waals surface area contributed by atoms with E-state index < -0.39 is 0 Å². The van der Waals surface area contributed by atoms with Crippen molar-refractivity contribution < 1.29 is 0 Å². The molecule has 3 heterocycles. The van der Waals surface area contributed by atoms with Crippen LogP contribution in [0.1, 0.15) is 24.2 Å². The molecule has 1 fully saturated rings. The number of nitriles is 1. The van der Waals surface area contributed by atoms with Gasteiger partial charge >= 0.3 is 0 Å². The average molecular weight is 288 g/mol. The molecule has 104 valence electrons. The Bertz CT molecular complexity index is 719. The molecule has 0 aliphatic carbocycles. The SMILES string of the molecule is Cc1csc2nc(CN3CCC(C#N)CC3)cc(=O)n12. The zero-order valence-electron chi connectivity index (χ0n) is 11.4. The van der Waals surface area contributed by atoms with Gasteiger partial charge in [0.05, 0.1) is 11.8 Å². The predicted octanol–water partition coefficient (Wildman–Crippen LogP) is 1.80. The van der Waals surface area contributed by atoms with Crippen molar-refractivity contribution in [1.82, 2.24) is 14.3 Å². The molecule has 0 radical (unpaired) electrons. The highest BCUT2D eigenvalue weighted by atomic mass is 32.1. The summed E-state index contributed by atoms with van der Waals surface area (Å²) in [5, 5.41) is 10.9. The molecule has 20 heavy (non-hydrogen) atoms. The molecule has 0 saturated carbocycles. The minimum atomic E-state index is -0.00402. The summed E-state index contributed by atoms with van der Waals surface area (Å²) in [5.41, 5.74) is 1.76. The summed E-state index contributed by atoms with van der Waals surface area (Å²) in [5.74, 6) is 0.187. The number of thiazole rings is 1. The van der Waals surface area contributed by atoms with Crippen LogP contribution in [0.3, 0.4) is 0 Å². The Balaban J connectivity index is 1.79. The summed E-state index contributed by atoms with van der Waals surface area (Å²) in [7, 11) is 0. The van der Waals surface area contributed by atoms with Gasteiger partial charge < -0.3 is 0 Å². The molecule has 0 atom stereocenters. The summed E-state index contributed by atoms with van der Waals surface area (Å²) >= 11 is 1.50. The van der Waals surface area contributed by atoms with Crippen molar-refractivity contribution in [1.29, 1.82) is 5.26 Å². The van der Waals surface area contributed by atoms with Crippen molar-refractivity contribution in [3.8, 4) is 6.07 Å². The van der Waals surface area contributed by atoms with E-state index in [9.17, 15) is 4.79 Å². The largest absolute Gasteiger partial charge is 0.297 e. The molecule has 1 saturated heterocycles. The van der Waals surface area contributed by atoms with Gasteiger partial charge in [-0.25, -0.2) is 4.98 Å². The van der Waals surface area contributed by atoms with Crippen molar-refractivity contribution in [3.05, 3.63) is 33.2 Å². The Labute approximate surface area is 121 Å². The van der Waals surface area contributed by atoms with E-state index in [1.165, 1.54) is 11.3 Å². The molecule has 1 aliphatic rings. The van der Waals surface area contributed by atoms with Gasteiger partial charge in [-0.3, -0.25) is 14.1 Å². The van der Waals surface area contributed by atoms with Crippen molar-refractivity contribution in [3.63, 3.8) is 0 Å². The summed E-state index contributed by atoms with van der Waals surface area (Å²) in [6.07, 6.45) is 1.83. The Morgan fingerprint density at radius 3 is 2.95 bits per heavy atom. The first-order chi connectivity index (χ1) is 9.67. The Kier molecular flexibility index (Phi) is 3.55. The molecule has 1 aliphatic heterocycles. The molecular weight excluding hydrogens is 272 g/mol. The van der Waals surface area contributed by atoms with Crippen LogP contribution in [-0.4, -0.2) is 27.4 Å². The first-order valence-corrected chi connectivity index (χ1v) is 7.64. The highest BCUT2D eigenvalue weighted by molar-refractivity contribution is 7.15. The smallest absolute Gasteiger partial charge is 0.259 e. The Morgan fingerprint density at radius 2 is 2.25 bits per heavy atom. The molecule has 0 N–H and O–H groups in total.